The van der Waals surface area contributed by atoms with Crippen LogP contribution in [0.1, 0.15) is 31.8 Å². The first-order valence-corrected chi connectivity index (χ1v) is 5.82. The molecule has 1 aromatic heterocycles. The minimum atomic E-state index is -0.419. The molecular weight excluding hydrogens is 249 g/mol. The van der Waals surface area contributed by atoms with Gasteiger partial charge in [0.05, 0.1) is 5.56 Å². The van der Waals surface area contributed by atoms with Crippen molar-refractivity contribution < 1.29 is 14.7 Å². The first-order chi connectivity index (χ1) is 8.61. The highest BCUT2D eigenvalue weighted by Crippen LogP contribution is 2.30. The van der Waals surface area contributed by atoms with E-state index in [0.29, 0.717) is 5.30 Å². The molecule has 0 amide bonds. The van der Waals surface area contributed by atoms with Gasteiger partial charge in [0.25, 0.3) is 0 Å². The van der Waals surface area contributed by atoms with Crippen LogP contribution >= 0.6 is 9.24 Å². The van der Waals surface area contributed by atoms with Gasteiger partial charge in [-0.25, -0.2) is 0 Å². The number of pyridine rings is 1. The number of aromatic nitrogens is 1. The van der Waals surface area contributed by atoms with Gasteiger partial charge in [0.1, 0.15) is 0 Å². The predicted molar refractivity (Wildman–Crippen MR) is 66.3 cm³/mol. The molecule has 0 radical (unpaired) electrons. The Hall–Kier alpha value is -2.06. The standard InChI is InChI=1S/C13H8NO3P/c15-8-1-2-9(18)11-10(8)12(16)6-3-4-14-5-7(6)13(11)17/h1-5,15H,18H2/p-1. The molecule has 1 unspecified atom stereocenters. The van der Waals surface area contributed by atoms with E-state index in [0.717, 1.165) is 0 Å². The molecule has 0 fully saturated rings. The summed E-state index contributed by atoms with van der Waals surface area (Å²) in [6.07, 6.45) is 2.80. The van der Waals surface area contributed by atoms with Gasteiger partial charge < -0.3 is 5.11 Å². The second kappa shape index (κ2) is 3.72. The summed E-state index contributed by atoms with van der Waals surface area (Å²) >= 11 is 0. The summed E-state index contributed by atoms with van der Waals surface area (Å²) < 4.78 is 0. The van der Waals surface area contributed by atoms with Gasteiger partial charge in [-0.05, 0) is 11.4 Å². The Bertz CT molecular complexity index is 649. The van der Waals surface area contributed by atoms with E-state index in [1.165, 1.54) is 30.6 Å². The van der Waals surface area contributed by atoms with E-state index in [2.05, 4.69) is 14.2 Å². The molecule has 1 aromatic carbocycles. The van der Waals surface area contributed by atoms with Crippen LogP contribution in [0.2, 0.25) is 0 Å². The lowest BCUT2D eigenvalue weighted by molar-refractivity contribution is -0.268. The average Bonchev–Trinajstić information content (AvgIpc) is 2.38. The lowest BCUT2D eigenvalue weighted by atomic mass is 9.84. The highest BCUT2D eigenvalue weighted by atomic mass is 31.0. The van der Waals surface area contributed by atoms with Crippen LogP contribution in [-0.4, -0.2) is 16.6 Å². The van der Waals surface area contributed by atoms with Crippen molar-refractivity contribution in [2.24, 2.45) is 0 Å². The molecule has 0 aliphatic heterocycles. The maximum atomic E-state index is 12.3. The zero-order chi connectivity index (χ0) is 12.9. The van der Waals surface area contributed by atoms with Crippen LogP contribution in [0, 0.1) is 0 Å². The van der Waals surface area contributed by atoms with Crippen LogP contribution < -0.4 is 10.4 Å². The number of rotatable bonds is 0. The maximum Gasteiger partial charge on any atom is 0.196 e. The molecule has 4 nitrogen and oxygen atoms in total. The number of fused-ring (bicyclic) bond motifs is 2. The van der Waals surface area contributed by atoms with Crippen molar-refractivity contribution in [1.29, 1.82) is 0 Å². The zero-order valence-electron chi connectivity index (χ0n) is 9.14. The third kappa shape index (κ3) is 1.33. The molecule has 18 heavy (non-hydrogen) atoms. The van der Waals surface area contributed by atoms with E-state index < -0.39 is 11.5 Å². The first-order valence-electron chi connectivity index (χ1n) is 5.24. The van der Waals surface area contributed by atoms with Crippen molar-refractivity contribution in [3.8, 4) is 5.75 Å². The van der Waals surface area contributed by atoms with Gasteiger partial charge in [-0.1, -0.05) is 17.9 Å². The van der Waals surface area contributed by atoms with Crippen molar-refractivity contribution in [1.82, 2.24) is 4.98 Å². The summed E-state index contributed by atoms with van der Waals surface area (Å²) in [5.41, 5.74) is 0.642. The summed E-state index contributed by atoms with van der Waals surface area (Å²) in [6.45, 7) is 0. The van der Waals surface area contributed by atoms with Crippen molar-refractivity contribution >= 4 is 26.1 Å². The molecular formula is C13H7NO3P-. The molecule has 3 rings (SSSR count). The van der Waals surface area contributed by atoms with Crippen LogP contribution in [-0.2, 0) is 0 Å². The summed E-state index contributed by atoms with van der Waals surface area (Å²) in [5.74, 6) is -1.15. The minimum Gasteiger partial charge on any atom is -0.872 e. The highest BCUT2D eigenvalue weighted by molar-refractivity contribution is 7.27. The van der Waals surface area contributed by atoms with Gasteiger partial charge >= 0.3 is 0 Å². The summed E-state index contributed by atoms with van der Waals surface area (Å²) in [4.78, 5) is 28.4. The predicted octanol–water partition coefficient (Wildman–Crippen LogP) is 0.431. The molecule has 0 N–H and O–H groups in total. The Morgan fingerprint density at radius 2 is 1.72 bits per heavy atom. The fraction of sp³-hybridized carbons (Fsp3) is 0. The summed E-state index contributed by atoms with van der Waals surface area (Å²) in [7, 11) is 2.38. The number of hydrogen-bond acceptors (Lipinski definition) is 4. The third-order valence-electron chi connectivity index (χ3n) is 2.96. The zero-order valence-corrected chi connectivity index (χ0v) is 10.3. The van der Waals surface area contributed by atoms with E-state index in [-0.39, 0.29) is 28.0 Å². The SMILES string of the molecule is O=C1c2ccncc2C(=O)c2c(P)ccc([O-])c21. The molecule has 0 saturated carbocycles. The fourth-order valence-electron chi connectivity index (χ4n) is 2.11. The van der Waals surface area contributed by atoms with Crippen molar-refractivity contribution in [2.75, 3.05) is 0 Å². The number of nitrogens with zero attached hydrogens (tertiary/aromatic N) is 1. The van der Waals surface area contributed by atoms with Crippen LogP contribution in [0.15, 0.2) is 30.6 Å². The van der Waals surface area contributed by atoms with Crippen LogP contribution in [0.4, 0.5) is 0 Å². The van der Waals surface area contributed by atoms with Gasteiger partial charge in [-0.3, -0.25) is 14.6 Å². The van der Waals surface area contributed by atoms with Crippen molar-refractivity contribution in [2.45, 2.75) is 0 Å². The number of ketones is 2. The Balaban J connectivity index is 2.41. The molecule has 1 heterocycles. The smallest absolute Gasteiger partial charge is 0.196 e. The van der Waals surface area contributed by atoms with Crippen LogP contribution in [0.5, 0.6) is 5.75 Å². The quantitative estimate of drug-likeness (QED) is 0.547. The summed E-state index contributed by atoms with van der Waals surface area (Å²) in [5, 5.41) is 12.3. The third-order valence-corrected chi connectivity index (χ3v) is 3.44. The largest absolute Gasteiger partial charge is 0.872 e. The Morgan fingerprint density at radius 3 is 2.50 bits per heavy atom. The second-order valence-electron chi connectivity index (χ2n) is 3.98. The van der Waals surface area contributed by atoms with E-state index in [1.54, 1.807) is 0 Å². The fourth-order valence-corrected chi connectivity index (χ4v) is 2.48. The highest BCUT2D eigenvalue weighted by Gasteiger charge is 2.31. The summed E-state index contributed by atoms with van der Waals surface area (Å²) in [6, 6.07) is 4.30. The molecule has 1 aliphatic carbocycles. The van der Waals surface area contributed by atoms with Crippen molar-refractivity contribution in [3.63, 3.8) is 0 Å². The van der Waals surface area contributed by atoms with Crippen LogP contribution in [0.3, 0.4) is 0 Å². The van der Waals surface area contributed by atoms with Crippen molar-refractivity contribution in [3.05, 3.63) is 52.8 Å². The molecule has 0 spiro atoms. The van der Waals surface area contributed by atoms with Gasteiger partial charge in [-0.15, -0.1) is 9.24 Å². The van der Waals surface area contributed by atoms with E-state index in [4.69, 9.17) is 0 Å². The number of hydrogen-bond donors (Lipinski definition) is 0. The van der Waals surface area contributed by atoms with E-state index >= 15 is 0 Å². The van der Waals surface area contributed by atoms with Gasteiger partial charge in [-0.2, -0.15) is 0 Å². The van der Waals surface area contributed by atoms with Gasteiger partial charge in [0.2, 0.25) is 0 Å². The first kappa shape index (κ1) is 11.1. The van der Waals surface area contributed by atoms with E-state index in [9.17, 15) is 14.7 Å². The second-order valence-corrected chi connectivity index (χ2v) is 4.60. The maximum absolute atomic E-state index is 12.3. The normalized spacial score (nSPS) is 13.2. The lowest BCUT2D eigenvalue weighted by Gasteiger charge is -2.23. The molecule has 2 aromatic rings. The molecule has 5 heteroatoms. The molecule has 0 bridgehead atoms. The van der Waals surface area contributed by atoms with E-state index in [1.807, 2.05) is 0 Å². The Labute approximate surface area is 105 Å². The van der Waals surface area contributed by atoms with Crippen LogP contribution in [0.25, 0.3) is 0 Å². The molecule has 1 atom stereocenters. The molecule has 88 valence electrons. The Morgan fingerprint density at radius 1 is 1.00 bits per heavy atom. The molecule has 1 aliphatic rings. The molecule has 0 saturated heterocycles. The van der Waals surface area contributed by atoms with Gasteiger partial charge in [0, 0.05) is 29.1 Å². The number of carbonyl (C=O) groups excluding carboxylic acids is 2. The number of carbonyl (C=O) groups is 2. The topological polar surface area (TPSA) is 70.1 Å². The number of benzene rings is 1. The van der Waals surface area contributed by atoms with Gasteiger partial charge in [0.15, 0.2) is 11.6 Å². The average molecular weight is 256 g/mol. The minimum absolute atomic E-state index is 0.0359. The Kier molecular flexibility index (Phi) is 2.28. The monoisotopic (exact) mass is 256 g/mol. The lowest BCUT2D eigenvalue weighted by Crippen LogP contribution is -2.27.